The van der Waals surface area contributed by atoms with E-state index >= 15 is 0 Å². The number of amides is 1. The Morgan fingerprint density at radius 1 is 1.41 bits per heavy atom. The fourth-order valence-corrected chi connectivity index (χ4v) is 1.60. The highest BCUT2D eigenvalue weighted by molar-refractivity contribution is 5.98. The van der Waals surface area contributed by atoms with Crippen LogP contribution in [0.25, 0.3) is 0 Å². The van der Waals surface area contributed by atoms with E-state index in [0.29, 0.717) is 5.90 Å². The Hall–Kier alpha value is -1.92. The second-order valence-electron chi connectivity index (χ2n) is 3.56. The van der Waals surface area contributed by atoms with Gasteiger partial charge in [-0.25, -0.2) is 10.5 Å². The molecule has 0 bridgehead atoms. The number of rotatable bonds is 3. The van der Waals surface area contributed by atoms with Gasteiger partial charge in [0.15, 0.2) is 12.1 Å². The molecule has 1 heterocycles. The van der Waals surface area contributed by atoms with Gasteiger partial charge in [0.1, 0.15) is 0 Å². The smallest absolute Gasteiger partial charge is 0.272 e. The lowest BCUT2D eigenvalue weighted by atomic mass is 10.2. The van der Waals surface area contributed by atoms with Crippen LogP contribution in [0.2, 0.25) is 0 Å². The number of ether oxygens (including phenoxy) is 1. The molecule has 1 aliphatic rings. The van der Waals surface area contributed by atoms with Gasteiger partial charge < -0.3 is 9.84 Å². The number of aliphatic hydroxyl groups excluding tert-OH is 1. The van der Waals surface area contributed by atoms with Crippen molar-refractivity contribution in [1.29, 1.82) is 0 Å². The molecule has 0 fully saturated rings. The first kappa shape index (κ1) is 11.6. The summed E-state index contributed by atoms with van der Waals surface area (Å²) in [5, 5.41) is 17.6. The molecule has 0 saturated heterocycles. The maximum absolute atomic E-state index is 11.3. The van der Waals surface area contributed by atoms with Crippen molar-refractivity contribution in [2.75, 3.05) is 6.61 Å². The number of hydrogen-bond donors (Lipinski definition) is 3. The van der Waals surface area contributed by atoms with E-state index in [2.05, 4.69) is 4.99 Å². The summed E-state index contributed by atoms with van der Waals surface area (Å²) in [6.45, 7) is -0.349. The molecule has 1 aliphatic heterocycles. The highest BCUT2D eigenvalue weighted by Crippen LogP contribution is 2.18. The zero-order valence-electron chi connectivity index (χ0n) is 8.91. The Kier molecular flexibility index (Phi) is 3.36. The number of benzene rings is 1. The van der Waals surface area contributed by atoms with Crippen molar-refractivity contribution >= 4 is 11.8 Å². The fourth-order valence-electron chi connectivity index (χ4n) is 1.60. The van der Waals surface area contributed by atoms with Crippen LogP contribution in [0.3, 0.4) is 0 Å². The molecule has 1 aromatic rings. The van der Waals surface area contributed by atoms with Gasteiger partial charge in [-0.1, -0.05) is 18.2 Å². The lowest BCUT2D eigenvalue weighted by Gasteiger charge is -2.12. The Balaban J connectivity index is 2.24. The van der Waals surface area contributed by atoms with E-state index in [1.165, 1.54) is 5.48 Å². The number of carbonyl (C=O) groups is 1. The SMILES string of the molecule is O=C(NO)C1N=C(c2ccccc2)OC1CO. The van der Waals surface area contributed by atoms with Crippen molar-refractivity contribution in [1.82, 2.24) is 5.48 Å². The van der Waals surface area contributed by atoms with Crippen molar-refractivity contribution in [3.63, 3.8) is 0 Å². The average molecular weight is 236 g/mol. The lowest BCUT2D eigenvalue weighted by Crippen LogP contribution is -2.39. The molecule has 2 atom stereocenters. The molecule has 0 radical (unpaired) electrons. The molecule has 90 valence electrons. The summed E-state index contributed by atoms with van der Waals surface area (Å²) in [6, 6.07) is 8.11. The minimum atomic E-state index is -0.930. The van der Waals surface area contributed by atoms with Gasteiger partial charge in [-0.2, -0.15) is 0 Å². The van der Waals surface area contributed by atoms with Gasteiger partial charge in [0.25, 0.3) is 5.91 Å². The predicted molar refractivity (Wildman–Crippen MR) is 58.7 cm³/mol. The predicted octanol–water partition coefficient (Wildman–Crippen LogP) is -0.302. The largest absolute Gasteiger partial charge is 0.469 e. The van der Waals surface area contributed by atoms with Crippen molar-refractivity contribution in [2.24, 2.45) is 4.99 Å². The molecule has 3 N–H and O–H groups in total. The van der Waals surface area contributed by atoms with Crippen molar-refractivity contribution < 1.29 is 19.8 Å². The zero-order valence-corrected chi connectivity index (χ0v) is 8.91. The summed E-state index contributed by atoms with van der Waals surface area (Å²) in [5.74, 6) is -0.409. The number of aliphatic hydroxyl groups is 1. The normalized spacial score (nSPS) is 22.8. The maximum atomic E-state index is 11.3. The van der Waals surface area contributed by atoms with Crippen LogP contribution >= 0.6 is 0 Å². The second-order valence-corrected chi connectivity index (χ2v) is 3.56. The van der Waals surface area contributed by atoms with Gasteiger partial charge in [0, 0.05) is 5.56 Å². The average Bonchev–Trinajstić information content (AvgIpc) is 2.83. The molecular formula is C11H12N2O4. The van der Waals surface area contributed by atoms with Crippen molar-refractivity contribution in [3.8, 4) is 0 Å². The molecule has 17 heavy (non-hydrogen) atoms. The van der Waals surface area contributed by atoms with E-state index in [0.717, 1.165) is 5.56 Å². The Morgan fingerprint density at radius 2 is 2.12 bits per heavy atom. The van der Waals surface area contributed by atoms with Crippen LogP contribution in [0.1, 0.15) is 5.56 Å². The summed E-state index contributed by atoms with van der Waals surface area (Å²) in [4.78, 5) is 15.3. The van der Waals surface area contributed by atoms with Crippen LogP contribution < -0.4 is 5.48 Å². The summed E-state index contributed by atoms with van der Waals surface area (Å²) in [7, 11) is 0. The van der Waals surface area contributed by atoms with Crippen LogP contribution in [0.4, 0.5) is 0 Å². The standard InChI is InChI=1S/C11H12N2O4/c14-6-8-9(10(15)13-16)12-11(17-8)7-4-2-1-3-5-7/h1-5,8-9,14,16H,6H2,(H,13,15). The van der Waals surface area contributed by atoms with Crippen LogP contribution in [-0.4, -0.2) is 40.9 Å². The topological polar surface area (TPSA) is 91.2 Å². The number of nitrogens with one attached hydrogen (secondary N) is 1. The summed E-state index contributed by atoms with van der Waals surface area (Å²) >= 11 is 0. The quantitative estimate of drug-likeness (QED) is 0.496. The Morgan fingerprint density at radius 3 is 2.71 bits per heavy atom. The monoisotopic (exact) mass is 236 g/mol. The molecule has 0 saturated carbocycles. The van der Waals surface area contributed by atoms with Crippen molar-refractivity contribution in [3.05, 3.63) is 35.9 Å². The second kappa shape index (κ2) is 4.94. The zero-order chi connectivity index (χ0) is 12.3. The third kappa shape index (κ3) is 2.27. The minimum absolute atomic E-state index is 0.290. The number of aliphatic imine (C=N–C) groups is 1. The van der Waals surface area contributed by atoms with E-state index in [9.17, 15) is 4.79 Å². The first-order valence-corrected chi connectivity index (χ1v) is 5.11. The van der Waals surface area contributed by atoms with Crippen LogP contribution in [0, 0.1) is 0 Å². The highest BCUT2D eigenvalue weighted by atomic mass is 16.5. The third-order valence-corrected chi connectivity index (χ3v) is 2.45. The van der Waals surface area contributed by atoms with E-state index in [1.54, 1.807) is 12.1 Å². The minimum Gasteiger partial charge on any atom is -0.469 e. The van der Waals surface area contributed by atoms with Crippen LogP contribution in [0.5, 0.6) is 0 Å². The first-order valence-electron chi connectivity index (χ1n) is 5.11. The molecular weight excluding hydrogens is 224 g/mol. The molecule has 1 aromatic carbocycles. The number of nitrogens with zero attached hydrogens (tertiary/aromatic N) is 1. The Bertz CT molecular complexity index is 432. The van der Waals surface area contributed by atoms with E-state index < -0.39 is 18.1 Å². The van der Waals surface area contributed by atoms with Crippen LogP contribution in [-0.2, 0) is 9.53 Å². The van der Waals surface area contributed by atoms with Gasteiger partial charge >= 0.3 is 0 Å². The van der Waals surface area contributed by atoms with Gasteiger partial charge in [-0.05, 0) is 12.1 Å². The lowest BCUT2D eigenvalue weighted by molar-refractivity contribution is -0.132. The number of hydroxylamine groups is 1. The van der Waals surface area contributed by atoms with E-state index in [-0.39, 0.29) is 6.61 Å². The summed E-state index contributed by atoms with van der Waals surface area (Å²) in [5.41, 5.74) is 2.23. The van der Waals surface area contributed by atoms with E-state index in [4.69, 9.17) is 15.1 Å². The molecule has 6 nitrogen and oxygen atoms in total. The molecule has 1 amide bonds. The molecule has 2 rings (SSSR count). The van der Waals surface area contributed by atoms with Gasteiger partial charge in [0.05, 0.1) is 6.61 Å². The van der Waals surface area contributed by atoms with E-state index in [1.807, 2.05) is 18.2 Å². The van der Waals surface area contributed by atoms with Gasteiger partial charge in [-0.15, -0.1) is 0 Å². The molecule has 0 aliphatic carbocycles. The fraction of sp³-hybridized carbons (Fsp3) is 0.273. The maximum Gasteiger partial charge on any atom is 0.272 e. The number of carbonyl (C=O) groups excluding carboxylic acids is 1. The molecule has 2 unspecified atom stereocenters. The molecule has 0 spiro atoms. The Labute approximate surface area is 97.5 Å². The molecule has 0 aromatic heterocycles. The summed E-state index contributed by atoms with van der Waals surface area (Å²) in [6.07, 6.45) is -0.766. The first-order chi connectivity index (χ1) is 8.26. The number of hydrogen-bond acceptors (Lipinski definition) is 5. The summed E-state index contributed by atoms with van der Waals surface area (Å²) < 4.78 is 5.36. The molecule has 6 heteroatoms. The van der Waals surface area contributed by atoms with Gasteiger partial charge in [-0.3, -0.25) is 10.0 Å². The van der Waals surface area contributed by atoms with Crippen molar-refractivity contribution in [2.45, 2.75) is 12.1 Å². The third-order valence-electron chi connectivity index (χ3n) is 2.45. The highest BCUT2D eigenvalue weighted by Gasteiger charge is 2.36. The van der Waals surface area contributed by atoms with Crippen LogP contribution in [0.15, 0.2) is 35.3 Å². The van der Waals surface area contributed by atoms with Gasteiger partial charge in [0.2, 0.25) is 5.90 Å².